The van der Waals surface area contributed by atoms with E-state index in [4.69, 9.17) is 11.6 Å². The smallest absolute Gasteiger partial charge is 0.354 e. The number of carbonyl (C=O) groups excluding carboxylic acids is 1. The van der Waals surface area contributed by atoms with Crippen LogP contribution in [-0.4, -0.2) is 15.7 Å². The number of rotatable bonds is 5. The van der Waals surface area contributed by atoms with E-state index in [1.165, 1.54) is 4.68 Å². The van der Waals surface area contributed by atoms with Gasteiger partial charge in [-0.3, -0.25) is 9.48 Å². The Kier molecular flexibility index (Phi) is 6.07. The molecule has 0 saturated carbocycles. The van der Waals surface area contributed by atoms with Crippen LogP contribution in [0.5, 0.6) is 0 Å². The van der Waals surface area contributed by atoms with Crippen LogP contribution in [0.3, 0.4) is 0 Å². The summed E-state index contributed by atoms with van der Waals surface area (Å²) in [6.45, 7) is 5.56. The second-order valence-corrected chi connectivity index (χ2v) is 7.10. The Morgan fingerprint density at radius 2 is 1.83 bits per heavy atom. The van der Waals surface area contributed by atoms with E-state index in [1.807, 2.05) is 12.1 Å². The number of nitrogens with zero attached hydrogens (tertiary/aromatic N) is 2. The maximum absolute atomic E-state index is 13.3. The first-order chi connectivity index (χ1) is 14.1. The highest BCUT2D eigenvalue weighted by molar-refractivity contribution is 6.32. The van der Waals surface area contributed by atoms with Gasteiger partial charge in [0.1, 0.15) is 0 Å². The molecule has 0 aliphatic rings. The highest BCUT2D eigenvalue weighted by atomic mass is 35.5. The molecule has 0 bridgehead atoms. The van der Waals surface area contributed by atoms with E-state index in [0.717, 1.165) is 23.4 Å². The van der Waals surface area contributed by atoms with Crippen LogP contribution in [0.25, 0.3) is 0 Å². The number of hydrogen-bond donors (Lipinski definition) is 2. The van der Waals surface area contributed by atoms with Crippen LogP contribution in [-0.2, 0) is 19.6 Å². The molecule has 2 N–H and O–H groups in total. The fourth-order valence-electron chi connectivity index (χ4n) is 2.77. The molecule has 1 radical (unpaired) electrons. The first-order valence-electron chi connectivity index (χ1n) is 8.96. The topological polar surface area (TPSA) is 58.9 Å². The van der Waals surface area contributed by atoms with Gasteiger partial charge in [0.25, 0.3) is 5.91 Å². The molecule has 0 aliphatic heterocycles. The van der Waals surface area contributed by atoms with Crippen molar-refractivity contribution in [2.24, 2.45) is 7.05 Å². The number of hydrogen-bond acceptors (Lipinski definition) is 3. The van der Waals surface area contributed by atoms with Crippen LogP contribution >= 0.6 is 11.6 Å². The van der Waals surface area contributed by atoms with E-state index < -0.39 is 22.7 Å². The molecule has 0 atom stereocenters. The molecule has 1 aromatic heterocycles. The summed E-state index contributed by atoms with van der Waals surface area (Å²) in [6.07, 6.45) is -4.07. The molecule has 2 aromatic carbocycles. The van der Waals surface area contributed by atoms with Crippen LogP contribution in [0.1, 0.15) is 27.3 Å². The second-order valence-electron chi connectivity index (χ2n) is 6.70. The average molecular weight is 436 g/mol. The summed E-state index contributed by atoms with van der Waals surface area (Å²) < 4.78 is 41.5. The molecular weight excluding hydrogens is 417 g/mol. The van der Waals surface area contributed by atoms with Gasteiger partial charge in [-0.1, -0.05) is 23.7 Å². The Labute approximate surface area is 176 Å². The summed E-state index contributed by atoms with van der Waals surface area (Å²) in [7, 11) is 1.67. The van der Waals surface area contributed by atoms with E-state index in [-0.39, 0.29) is 17.1 Å². The Morgan fingerprint density at radius 1 is 1.17 bits per heavy atom. The van der Waals surface area contributed by atoms with Crippen LogP contribution in [0, 0.1) is 13.8 Å². The van der Waals surface area contributed by atoms with Crippen LogP contribution in [0.2, 0.25) is 5.02 Å². The lowest BCUT2D eigenvalue weighted by Crippen LogP contribution is -2.16. The van der Waals surface area contributed by atoms with Crippen molar-refractivity contribution in [3.63, 3.8) is 0 Å². The summed E-state index contributed by atoms with van der Waals surface area (Å²) in [6, 6.07) is 10.7. The van der Waals surface area contributed by atoms with Crippen LogP contribution < -0.4 is 10.6 Å². The van der Waals surface area contributed by atoms with E-state index in [2.05, 4.69) is 22.7 Å². The quantitative estimate of drug-likeness (QED) is 0.534. The van der Waals surface area contributed by atoms with Crippen molar-refractivity contribution in [1.82, 2.24) is 9.78 Å². The van der Waals surface area contributed by atoms with Crippen molar-refractivity contribution in [2.45, 2.75) is 19.5 Å². The minimum absolute atomic E-state index is 0.0683. The third-order valence-corrected chi connectivity index (χ3v) is 4.84. The van der Waals surface area contributed by atoms with Gasteiger partial charge in [-0.25, -0.2) is 0 Å². The van der Waals surface area contributed by atoms with Crippen LogP contribution in [0.15, 0.2) is 42.5 Å². The number of halogens is 4. The van der Waals surface area contributed by atoms with Crippen molar-refractivity contribution in [2.75, 3.05) is 10.6 Å². The SMILES string of the molecule is [CH2]Cc1ccc(Nc2cc(Cl)c(C(F)(F)F)cc2NC(=O)c2cc(C)n(C)n2)cc1. The first kappa shape index (κ1) is 21.7. The first-order valence-corrected chi connectivity index (χ1v) is 9.34. The molecule has 3 rings (SSSR count). The van der Waals surface area contributed by atoms with Gasteiger partial charge < -0.3 is 10.6 Å². The Hall–Kier alpha value is -3.00. The Balaban J connectivity index is 1.99. The maximum atomic E-state index is 13.3. The zero-order valence-corrected chi connectivity index (χ0v) is 17.0. The molecule has 30 heavy (non-hydrogen) atoms. The zero-order chi connectivity index (χ0) is 22.1. The van der Waals surface area contributed by atoms with Crippen molar-refractivity contribution >= 4 is 34.6 Å². The van der Waals surface area contributed by atoms with E-state index in [1.54, 1.807) is 32.2 Å². The van der Waals surface area contributed by atoms with Gasteiger partial charge >= 0.3 is 6.18 Å². The fraction of sp³-hybridized carbons (Fsp3) is 0.190. The van der Waals surface area contributed by atoms with Gasteiger partial charge in [0.15, 0.2) is 5.69 Å². The molecule has 0 fully saturated rings. The summed E-state index contributed by atoms with van der Waals surface area (Å²) in [5, 5.41) is 9.09. The molecule has 0 spiro atoms. The minimum Gasteiger partial charge on any atom is -0.354 e. The molecule has 157 valence electrons. The van der Waals surface area contributed by atoms with Crippen molar-refractivity contribution < 1.29 is 18.0 Å². The van der Waals surface area contributed by atoms with Crippen molar-refractivity contribution in [3.8, 4) is 0 Å². The van der Waals surface area contributed by atoms with Gasteiger partial charge in [-0.2, -0.15) is 18.3 Å². The number of nitrogens with one attached hydrogen (secondary N) is 2. The lowest BCUT2D eigenvalue weighted by molar-refractivity contribution is -0.137. The maximum Gasteiger partial charge on any atom is 0.417 e. The predicted octanol–water partition coefficient (Wildman–Crippen LogP) is 5.77. The van der Waals surface area contributed by atoms with Gasteiger partial charge in [-0.05, 0) is 56.2 Å². The van der Waals surface area contributed by atoms with Gasteiger partial charge in [0.05, 0.1) is 22.0 Å². The summed E-state index contributed by atoms with van der Waals surface area (Å²) in [4.78, 5) is 12.6. The lowest BCUT2D eigenvalue weighted by Gasteiger charge is -2.17. The number of anilines is 3. The second kappa shape index (κ2) is 8.39. The van der Waals surface area contributed by atoms with Crippen LogP contribution in [0.4, 0.5) is 30.2 Å². The zero-order valence-electron chi connectivity index (χ0n) is 16.3. The van der Waals surface area contributed by atoms with Crippen molar-refractivity contribution in [1.29, 1.82) is 0 Å². The Morgan fingerprint density at radius 3 is 2.37 bits per heavy atom. The van der Waals surface area contributed by atoms with Gasteiger partial charge in [0, 0.05) is 18.4 Å². The summed E-state index contributed by atoms with van der Waals surface area (Å²) in [5.41, 5.74) is 1.55. The standard InChI is InChI=1S/C21H19ClF3N4O/c1-4-13-5-7-14(8-6-13)26-18-11-16(22)15(21(23,24)25)10-17(18)27-20(30)19-9-12(2)29(3)28-19/h5-11,26H,1,4H2,2-3H3,(H,27,30). The Bertz CT molecular complexity index is 1060. The molecular formula is C21H19ClF3N4O. The van der Waals surface area contributed by atoms with Gasteiger partial charge in [-0.15, -0.1) is 0 Å². The number of aromatic nitrogens is 2. The lowest BCUT2D eigenvalue weighted by atomic mass is 10.1. The average Bonchev–Trinajstić information content (AvgIpc) is 3.02. The fourth-order valence-corrected chi connectivity index (χ4v) is 3.04. The van der Waals surface area contributed by atoms with E-state index >= 15 is 0 Å². The highest BCUT2D eigenvalue weighted by Gasteiger charge is 2.34. The molecule has 0 aliphatic carbocycles. The normalized spacial score (nSPS) is 11.4. The third kappa shape index (κ3) is 4.76. The van der Waals surface area contributed by atoms with E-state index in [9.17, 15) is 18.0 Å². The third-order valence-electron chi connectivity index (χ3n) is 4.53. The molecule has 3 aromatic rings. The van der Waals surface area contributed by atoms with Crippen molar-refractivity contribution in [3.05, 3.63) is 76.9 Å². The molecule has 9 heteroatoms. The molecule has 0 saturated heterocycles. The molecule has 1 heterocycles. The number of alkyl halides is 3. The summed E-state index contributed by atoms with van der Waals surface area (Å²) >= 11 is 5.88. The largest absolute Gasteiger partial charge is 0.417 e. The van der Waals surface area contributed by atoms with E-state index in [0.29, 0.717) is 12.1 Å². The number of benzene rings is 2. The summed E-state index contributed by atoms with van der Waals surface area (Å²) in [5.74, 6) is -0.635. The number of carbonyl (C=O) groups is 1. The predicted molar refractivity (Wildman–Crippen MR) is 111 cm³/mol. The highest BCUT2D eigenvalue weighted by Crippen LogP contribution is 2.40. The monoisotopic (exact) mass is 435 g/mol. The molecule has 1 amide bonds. The number of aryl methyl sites for hydroxylation is 2. The molecule has 0 unspecified atom stereocenters. The number of amides is 1. The minimum atomic E-state index is -4.67. The van der Waals surface area contributed by atoms with Gasteiger partial charge in [0.2, 0.25) is 0 Å². The molecule has 5 nitrogen and oxygen atoms in total.